The van der Waals surface area contributed by atoms with E-state index in [2.05, 4.69) is 34.9 Å². The summed E-state index contributed by atoms with van der Waals surface area (Å²) >= 11 is 0. The molecule has 0 saturated carbocycles. The Morgan fingerprint density at radius 2 is 1.53 bits per heavy atom. The first kappa shape index (κ1) is 27.2. The van der Waals surface area contributed by atoms with Gasteiger partial charge >= 0.3 is 12.1 Å². The Morgan fingerprint density at radius 3 is 2.11 bits per heavy atom. The molecule has 0 bridgehead atoms. The van der Waals surface area contributed by atoms with Crippen molar-refractivity contribution in [3.05, 3.63) is 59.7 Å². The molecule has 7 heteroatoms. The molecule has 7 nitrogen and oxygen atoms in total. The fraction of sp³-hybridized carbons (Fsp3) is 0.483. The number of alkyl carbamates (subject to hydrolysis) is 1. The quantitative estimate of drug-likeness (QED) is 0.332. The number of unbranched alkanes of at least 4 members (excludes halogenated alkanes) is 1. The van der Waals surface area contributed by atoms with Gasteiger partial charge in [0.1, 0.15) is 12.2 Å². The second-order valence-electron chi connectivity index (χ2n) is 10.1. The molecule has 0 radical (unpaired) electrons. The minimum absolute atomic E-state index is 0.0109. The number of carbonyl (C=O) groups excluding carboxylic acids is 3. The summed E-state index contributed by atoms with van der Waals surface area (Å²) < 4.78 is 10.9. The molecule has 2 aromatic carbocycles. The predicted molar refractivity (Wildman–Crippen MR) is 140 cm³/mol. The van der Waals surface area contributed by atoms with Gasteiger partial charge in [0.25, 0.3) is 0 Å². The Balaban J connectivity index is 1.51. The van der Waals surface area contributed by atoms with Crippen LogP contribution in [-0.2, 0) is 19.1 Å². The first-order chi connectivity index (χ1) is 17.2. The van der Waals surface area contributed by atoms with Gasteiger partial charge in [-0.15, -0.1) is 0 Å². The smallest absolute Gasteiger partial charge is 0.407 e. The summed E-state index contributed by atoms with van der Waals surface area (Å²) in [4.78, 5) is 37.1. The van der Waals surface area contributed by atoms with Crippen LogP contribution in [0.5, 0.6) is 0 Å². The van der Waals surface area contributed by atoms with E-state index in [0.717, 1.165) is 11.1 Å². The Kier molecular flexibility index (Phi) is 9.51. The third-order valence-electron chi connectivity index (χ3n) is 6.16. The van der Waals surface area contributed by atoms with E-state index in [1.165, 1.54) is 11.1 Å². The van der Waals surface area contributed by atoms with Crippen LogP contribution in [0.3, 0.4) is 0 Å². The normalized spacial score (nSPS) is 13.3. The van der Waals surface area contributed by atoms with Crippen LogP contribution in [0.15, 0.2) is 48.5 Å². The number of esters is 1. The first-order valence-electron chi connectivity index (χ1n) is 12.8. The van der Waals surface area contributed by atoms with E-state index < -0.39 is 17.6 Å². The van der Waals surface area contributed by atoms with E-state index in [1.807, 2.05) is 52.0 Å². The molecule has 3 rings (SSSR count). The van der Waals surface area contributed by atoms with E-state index in [4.69, 9.17) is 9.47 Å². The van der Waals surface area contributed by atoms with Gasteiger partial charge in [0.2, 0.25) is 5.91 Å². The molecule has 1 atom stereocenters. The summed E-state index contributed by atoms with van der Waals surface area (Å²) in [7, 11) is 0. The van der Waals surface area contributed by atoms with Gasteiger partial charge < -0.3 is 20.1 Å². The molecule has 1 aliphatic rings. The number of benzene rings is 2. The van der Waals surface area contributed by atoms with E-state index >= 15 is 0 Å². The molecule has 2 aromatic rings. The average molecular weight is 495 g/mol. The molecule has 0 aromatic heterocycles. The van der Waals surface area contributed by atoms with Gasteiger partial charge in [0.05, 0.1) is 6.42 Å². The van der Waals surface area contributed by atoms with Crippen LogP contribution in [-0.4, -0.2) is 43.3 Å². The van der Waals surface area contributed by atoms with Crippen molar-refractivity contribution >= 4 is 18.0 Å². The van der Waals surface area contributed by atoms with E-state index in [-0.39, 0.29) is 30.8 Å². The minimum Gasteiger partial charge on any atom is -0.465 e. The van der Waals surface area contributed by atoms with Crippen molar-refractivity contribution in [1.29, 1.82) is 0 Å². The summed E-state index contributed by atoms with van der Waals surface area (Å²) in [6, 6.07) is 16.4. The minimum atomic E-state index is -0.545. The number of amides is 2. The van der Waals surface area contributed by atoms with Crippen LogP contribution < -0.4 is 10.6 Å². The maximum Gasteiger partial charge on any atom is 0.407 e. The van der Waals surface area contributed by atoms with Crippen molar-refractivity contribution in [2.75, 3.05) is 19.7 Å². The van der Waals surface area contributed by atoms with Crippen LogP contribution in [0.4, 0.5) is 4.79 Å². The highest BCUT2D eigenvalue weighted by atomic mass is 16.6. The maximum atomic E-state index is 12.8. The predicted octanol–water partition coefficient (Wildman–Crippen LogP) is 5.18. The molecule has 0 aliphatic heterocycles. The van der Waals surface area contributed by atoms with Gasteiger partial charge in [0, 0.05) is 24.9 Å². The van der Waals surface area contributed by atoms with Crippen molar-refractivity contribution in [3.63, 3.8) is 0 Å². The lowest BCUT2D eigenvalue weighted by atomic mass is 9.96. The van der Waals surface area contributed by atoms with Gasteiger partial charge in [-0.3, -0.25) is 9.59 Å². The topological polar surface area (TPSA) is 93.7 Å². The van der Waals surface area contributed by atoms with Gasteiger partial charge in [-0.05, 0) is 62.8 Å². The van der Waals surface area contributed by atoms with Gasteiger partial charge in [-0.2, -0.15) is 0 Å². The summed E-state index contributed by atoms with van der Waals surface area (Å²) in [5.74, 6) is -1.00. The molecule has 0 heterocycles. The monoisotopic (exact) mass is 494 g/mol. The Bertz CT molecular complexity index is 1010. The third kappa shape index (κ3) is 7.57. The average Bonchev–Trinajstić information content (AvgIpc) is 3.14. The summed E-state index contributed by atoms with van der Waals surface area (Å²) in [6.07, 6.45) is 1.47. The number of fused-ring (bicyclic) bond motifs is 3. The second kappa shape index (κ2) is 12.6. The molecule has 1 aliphatic carbocycles. The molecule has 1 unspecified atom stereocenters. The lowest BCUT2D eigenvalue weighted by Crippen LogP contribution is -2.33. The van der Waals surface area contributed by atoms with Crippen molar-refractivity contribution in [1.82, 2.24) is 10.6 Å². The number of hydrogen-bond acceptors (Lipinski definition) is 5. The molecule has 36 heavy (non-hydrogen) atoms. The fourth-order valence-corrected chi connectivity index (χ4v) is 4.54. The van der Waals surface area contributed by atoms with E-state index in [9.17, 15) is 14.4 Å². The number of hydrogen-bond donors (Lipinski definition) is 2. The zero-order valence-electron chi connectivity index (χ0n) is 21.8. The van der Waals surface area contributed by atoms with Gasteiger partial charge in [-0.1, -0.05) is 55.0 Å². The highest BCUT2D eigenvalue weighted by molar-refractivity contribution is 5.84. The number of rotatable bonds is 11. The Labute approximate surface area is 213 Å². The van der Waals surface area contributed by atoms with Crippen molar-refractivity contribution in [2.45, 2.75) is 64.9 Å². The van der Waals surface area contributed by atoms with Crippen LogP contribution >= 0.6 is 0 Å². The van der Waals surface area contributed by atoms with Gasteiger partial charge in [-0.25, -0.2) is 4.79 Å². The molecular formula is C29H38N2O5. The van der Waals surface area contributed by atoms with Crippen molar-refractivity contribution in [3.8, 4) is 11.1 Å². The van der Waals surface area contributed by atoms with E-state index in [0.29, 0.717) is 32.4 Å². The standard InChI is InChI=1S/C29H38N2O5/c1-5-30-27(33)20(12-10-11-17-31-28(34)36-29(2,3)4)18-26(32)35-19-25-23-15-8-6-13-21(23)22-14-7-9-16-24(22)25/h6-9,13-16,20,25H,5,10-12,17-19H2,1-4H3,(H,30,33)(H,31,34). The SMILES string of the molecule is CCNC(=O)C(CCCCNC(=O)OC(C)(C)C)CC(=O)OCC1c2ccccc2-c2ccccc21. The van der Waals surface area contributed by atoms with Crippen LogP contribution in [0.1, 0.15) is 70.4 Å². The van der Waals surface area contributed by atoms with Crippen molar-refractivity contribution < 1.29 is 23.9 Å². The van der Waals surface area contributed by atoms with Crippen LogP contribution in [0, 0.1) is 5.92 Å². The number of carbonyl (C=O) groups is 3. The Hall–Kier alpha value is -3.35. The highest BCUT2D eigenvalue weighted by Crippen LogP contribution is 2.44. The lowest BCUT2D eigenvalue weighted by Gasteiger charge is -2.20. The second-order valence-corrected chi connectivity index (χ2v) is 10.1. The summed E-state index contributed by atoms with van der Waals surface area (Å²) in [6.45, 7) is 8.48. The highest BCUT2D eigenvalue weighted by Gasteiger charge is 2.30. The van der Waals surface area contributed by atoms with Crippen LogP contribution in [0.25, 0.3) is 11.1 Å². The van der Waals surface area contributed by atoms with Crippen LogP contribution in [0.2, 0.25) is 0 Å². The lowest BCUT2D eigenvalue weighted by molar-refractivity contribution is -0.147. The molecule has 0 saturated heterocycles. The van der Waals surface area contributed by atoms with Crippen molar-refractivity contribution in [2.24, 2.45) is 5.92 Å². The largest absolute Gasteiger partial charge is 0.465 e. The van der Waals surface area contributed by atoms with Gasteiger partial charge in [0.15, 0.2) is 0 Å². The zero-order chi connectivity index (χ0) is 26.1. The summed E-state index contributed by atoms with van der Waals surface area (Å²) in [5.41, 5.74) is 4.12. The summed E-state index contributed by atoms with van der Waals surface area (Å²) in [5, 5.41) is 5.55. The number of nitrogens with one attached hydrogen (secondary N) is 2. The third-order valence-corrected chi connectivity index (χ3v) is 6.16. The zero-order valence-corrected chi connectivity index (χ0v) is 21.8. The molecule has 2 amide bonds. The molecule has 194 valence electrons. The first-order valence-corrected chi connectivity index (χ1v) is 12.8. The molecule has 2 N–H and O–H groups in total. The number of ether oxygens (including phenoxy) is 2. The molecule has 0 spiro atoms. The maximum absolute atomic E-state index is 12.8. The Morgan fingerprint density at radius 1 is 0.917 bits per heavy atom. The van der Waals surface area contributed by atoms with E-state index in [1.54, 1.807) is 0 Å². The molecule has 0 fully saturated rings. The fourth-order valence-electron chi connectivity index (χ4n) is 4.54. The molecular weight excluding hydrogens is 456 g/mol.